The quantitative estimate of drug-likeness (QED) is 0.621. The molecule has 1 aromatic carbocycles. The molecule has 0 spiro atoms. The fraction of sp³-hybridized carbons (Fsp3) is 0.333. The lowest BCUT2D eigenvalue weighted by Crippen LogP contribution is -2.38. The number of nitrogens with one attached hydrogen (secondary N) is 1. The van der Waals surface area contributed by atoms with Crippen LogP contribution in [0.1, 0.15) is 18.4 Å². The minimum absolute atomic E-state index is 0.0847. The van der Waals surface area contributed by atoms with E-state index in [-0.39, 0.29) is 18.4 Å². The Balaban J connectivity index is 1.83. The molecule has 1 fully saturated rings. The summed E-state index contributed by atoms with van der Waals surface area (Å²) < 4.78 is 0. The van der Waals surface area contributed by atoms with Crippen molar-refractivity contribution in [1.82, 2.24) is 10.2 Å². The molecule has 1 saturated carbocycles. The van der Waals surface area contributed by atoms with Gasteiger partial charge in [0.25, 0.3) is 0 Å². The average Bonchev–Trinajstić information content (AvgIpc) is 3.21. The first-order chi connectivity index (χ1) is 9.54. The Morgan fingerprint density at radius 3 is 2.60 bits per heavy atom. The summed E-state index contributed by atoms with van der Waals surface area (Å²) in [7, 11) is 1.61. The number of hydrogen-bond donors (Lipinski definition) is 2. The first-order valence-corrected chi connectivity index (χ1v) is 6.62. The monoisotopic (exact) mass is 273 g/mol. The highest BCUT2D eigenvalue weighted by atomic mass is 16.2. The molecule has 1 aliphatic carbocycles. The topological polar surface area (TPSA) is 75.4 Å². The number of nitrogens with zero attached hydrogens (tertiary/aromatic N) is 1. The van der Waals surface area contributed by atoms with Crippen LogP contribution in [0.3, 0.4) is 0 Å². The van der Waals surface area contributed by atoms with E-state index in [1.807, 2.05) is 12.1 Å². The van der Waals surface area contributed by atoms with Crippen molar-refractivity contribution in [3.63, 3.8) is 0 Å². The molecule has 0 heterocycles. The zero-order valence-electron chi connectivity index (χ0n) is 11.5. The van der Waals surface area contributed by atoms with E-state index in [0.29, 0.717) is 11.7 Å². The van der Waals surface area contributed by atoms with E-state index in [0.717, 1.165) is 18.4 Å². The van der Waals surface area contributed by atoms with Crippen molar-refractivity contribution in [2.24, 2.45) is 0 Å². The van der Waals surface area contributed by atoms with Gasteiger partial charge < -0.3 is 16.0 Å². The van der Waals surface area contributed by atoms with E-state index in [1.165, 1.54) is 11.0 Å². The van der Waals surface area contributed by atoms with Crippen LogP contribution in [-0.2, 0) is 9.59 Å². The number of carbonyl (C=O) groups excluding carboxylic acids is 2. The summed E-state index contributed by atoms with van der Waals surface area (Å²) in [5, 5.41) is 2.85. The SMILES string of the molecule is CN(CC(=O)NC1CC1)C(=O)/C=C/c1ccc(N)cc1. The second kappa shape index (κ2) is 6.23. The van der Waals surface area contributed by atoms with E-state index in [2.05, 4.69) is 5.32 Å². The third kappa shape index (κ3) is 4.42. The maximum absolute atomic E-state index is 11.9. The van der Waals surface area contributed by atoms with Gasteiger partial charge in [0.1, 0.15) is 0 Å². The maximum Gasteiger partial charge on any atom is 0.246 e. The fourth-order valence-electron chi connectivity index (χ4n) is 1.70. The Kier molecular flexibility index (Phi) is 4.40. The second-order valence-corrected chi connectivity index (χ2v) is 5.04. The van der Waals surface area contributed by atoms with Gasteiger partial charge in [0.15, 0.2) is 0 Å². The number of likely N-dealkylation sites (N-methyl/N-ethyl adjacent to an activating group) is 1. The van der Waals surface area contributed by atoms with E-state index in [1.54, 1.807) is 25.3 Å². The third-order valence-electron chi connectivity index (χ3n) is 3.05. The molecule has 2 amide bonds. The molecular weight excluding hydrogens is 254 g/mol. The van der Waals surface area contributed by atoms with Crippen molar-refractivity contribution in [3.05, 3.63) is 35.9 Å². The number of carbonyl (C=O) groups is 2. The van der Waals surface area contributed by atoms with E-state index in [9.17, 15) is 9.59 Å². The normalized spacial score (nSPS) is 14.2. The molecule has 20 heavy (non-hydrogen) atoms. The summed E-state index contributed by atoms with van der Waals surface area (Å²) in [4.78, 5) is 24.8. The van der Waals surface area contributed by atoms with Crippen LogP contribution < -0.4 is 11.1 Å². The zero-order chi connectivity index (χ0) is 14.5. The van der Waals surface area contributed by atoms with Crippen LogP contribution in [-0.4, -0.2) is 36.3 Å². The van der Waals surface area contributed by atoms with Crippen LogP contribution in [0.2, 0.25) is 0 Å². The predicted octanol–water partition coefficient (Wildman–Crippen LogP) is 1.02. The lowest BCUT2D eigenvalue weighted by Gasteiger charge is -2.14. The number of anilines is 1. The van der Waals surface area contributed by atoms with Crippen molar-refractivity contribution in [1.29, 1.82) is 0 Å². The maximum atomic E-state index is 11.9. The molecule has 106 valence electrons. The van der Waals surface area contributed by atoms with Gasteiger partial charge in [0.2, 0.25) is 11.8 Å². The third-order valence-corrected chi connectivity index (χ3v) is 3.05. The van der Waals surface area contributed by atoms with Crippen molar-refractivity contribution in [3.8, 4) is 0 Å². The second-order valence-electron chi connectivity index (χ2n) is 5.04. The molecule has 0 radical (unpaired) electrons. The Labute approximate surface area is 118 Å². The standard InChI is InChI=1S/C15H19N3O2/c1-18(10-14(19)17-13-7-8-13)15(20)9-4-11-2-5-12(16)6-3-11/h2-6,9,13H,7-8,10,16H2,1H3,(H,17,19)/b9-4+. The van der Waals surface area contributed by atoms with Gasteiger partial charge >= 0.3 is 0 Å². The van der Waals surface area contributed by atoms with Gasteiger partial charge in [-0.15, -0.1) is 0 Å². The lowest BCUT2D eigenvalue weighted by molar-refractivity contribution is -0.131. The van der Waals surface area contributed by atoms with Crippen molar-refractivity contribution < 1.29 is 9.59 Å². The van der Waals surface area contributed by atoms with Gasteiger partial charge in [-0.05, 0) is 36.6 Å². The highest BCUT2D eigenvalue weighted by molar-refractivity contribution is 5.94. The van der Waals surface area contributed by atoms with Crippen LogP contribution >= 0.6 is 0 Å². The summed E-state index contributed by atoms with van der Waals surface area (Å²) in [5.74, 6) is -0.308. The number of rotatable bonds is 5. The molecule has 5 heteroatoms. The first-order valence-electron chi connectivity index (χ1n) is 6.62. The largest absolute Gasteiger partial charge is 0.399 e. The van der Waals surface area contributed by atoms with Crippen molar-refractivity contribution >= 4 is 23.6 Å². The molecule has 0 bridgehead atoms. The molecular formula is C15H19N3O2. The van der Waals surface area contributed by atoms with Crippen LogP contribution in [0.15, 0.2) is 30.3 Å². The summed E-state index contributed by atoms with van der Waals surface area (Å²) >= 11 is 0. The molecule has 0 aromatic heterocycles. The Morgan fingerprint density at radius 1 is 1.35 bits per heavy atom. The molecule has 1 aliphatic rings. The summed E-state index contributed by atoms with van der Waals surface area (Å²) in [5.41, 5.74) is 7.16. The van der Waals surface area contributed by atoms with Gasteiger partial charge in [0, 0.05) is 24.9 Å². The molecule has 5 nitrogen and oxygen atoms in total. The highest BCUT2D eigenvalue weighted by Gasteiger charge is 2.23. The Hall–Kier alpha value is -2.30. The smallest absolute Gasteiger partial charge is 0.246 e. The molecule has 1 aromatic rings. The lowest BCUT2D eigenvalue weighted by atomic mass is 10.2. The van der Waals surface area contributed by atoms with Gasteiger partial charge in [-0.1, -0.05) is 12.1 Å². The van der Waals surface area contributed by atoms with Gasteiger partial charge in [-0.25, -0.2) is 0 Å². The van der Waals surface area contributed by atoms with Crippen molar-refractivity contribution in [2.75, 3.05) is 19.3 Å². The van der Waals surface area contributed by atoms with E-state index in [4.69, 9.17) is 5.73 Å². The van der Waals surface area contributed by atoms with Crippen molar-refractivity contribution in [2.45, 2.75) is 18.9 Å². The first kappa shape index (κ1) is 14.1. The highest BCUT2D eigenvalue weighted by Crippen LogP contribution is 2.18. The van der Waals surface area contributed by atoms with Crippen LogP contribution in [0.25, 0.3) is 6.08 Å². The Bertz CT molecular complexity index is 518. The van der Waals surface area contributed by atoms with Crippen LogP contribution in [0.4, 0.5) is 5.69 Å². The number of amides is 2. The summed E-state index contributed by atoms with van der Waals surface area (Å²) in [6.07, 6.45) is 5.24. The number of hydrogen-bond acceptors (Lipinski definition) is 3. The van der Waals surface area contributed by atoms with Crippen LogP contribution in [0.5, 0.6) is 0 Å². The predicted molar refractivity (Wildman–Crippen MR) is 78.7 cm³/mol. The van der Waals surface area contributed by atoms with E-state index < -0.39 is 0 Å². The van der Waals surface area contributed by atoms with Gasteiger partial charge in [0.05, 0.1) is 6.54 Å². The summed E-state index contributed by atoms with van der Waals surface area (Å²) in [6.45, 7) is 0.0847. The average molecular weight is 273 g/mol. The fourth-order valence-corrected chi connectivity index (χ4v) is 1.70. The number of benzene rings is 1. The van der Waals surface area contributed by atoms with Gasteiger partial charge in [-0.3, -0.25) is 9.59 Å². The minimum Gasteiger partial charge on any atom is -0.399 e. The van der Waals surface area contributed by atoms with Crippen LogP contribution in [0, 0.1) is 0 Å². The number of nitrogens with two attached hydrogens (primary N) is 1. The van der Waals surface area contributed by atoms with E-state index >= 15 is 0 Å². The zero-order valence-corrected chi connectivity index (χ0v) is 11.5. The minimum atomic E-state index is -0.201. The molecule has 0 saturated heterocycles. The summed E-state index contributed by atoms with van der Waals surface area (Å²) in [6, 6.07) is 7.53. The Morgan fingerprint density at radius 2 is 2.00 bits per heavy atom. The molecule has 0 atom stereocenters. The molecule has 3 N–H and O–H groups in total. The molecule has 0 aliphatic heterocycles. The number of nitrogen functional groups attached to an aromatic ring is 1. The molecule has 2 rings (SSSR count). The van der Waals surface area contributed by atoms with Gasteiger partial charge in [-0.2, -0.15) is 0 Å². The molecule has 0 unspecified atom stereocenters.